The molecular weight excluding hydrogens is 1040 g/mol. The maximum atomic E-state index is 6.90. The van der Waals surface area contributed by atoms with E-state index >= 15 is 0 Å². The van der Waals surface area contributed by atoms with Crippen LogP contribution in [-0.2, 0) is 44.7 Å². The van der Waals surface area contributed by atoms with E-state index in [4.69, 9.17) is 27.5 Å². The summed E-state index contributed by atoms with van der Waals surface area (Å²) >= 11 is 0. The second-order valence-corrected chi connectivity index (χ2v) is 38.4. The van der Waals surface area contributed by atoms with Gasteiger partial charge in [0.2, 0.25) is 0 Å². The lowest BCUT2D eigenvalue weighted by Gasteiger charge is -2.42. The molecule has 2 aliphatic heterocycles. The number of rotatable bonds is 17. The maximum absolute atomic E-state index is 6.90. The molecule has 448 valence electrons. The topological polar surface area (TPSA) is 55.4 Å². The smallest absolute Gasteiger partial charge is 0.412 e. The Balaban J connectivity index is 0.000000236. The molecule has 6 nitrogen and oxygen atoms in total. The van der Waals surface area contributed by atoms with Gasteiger partial charge in [0.15, 0.2) is 16.6 Å². The Morgan fingerprint density at radius 1 is 0.463 bits per heavy atom. The van der Waals surface area contributed by atoms with E-state index in [9.17, 15) is 0 Å². The summed E-state index contributed by atoms with van der Waals surface area (Å²) < 4.78 is 39.2. The molecule has 0 bridgehead atoms. The van der Waals surface area contributed by atoms with Crippen LogP contribution >= 0.6 is 0 Å². The molecule has 2 heterocycles. The van der Waals surface area contributed by atoms with Crippen LogP contribution in [0.4, 0.5) is 0 Å². The summed E-state index contributed by atoms with van der Waals surface area (Å²) in [4.78, 5) is 0. The second-order valence-electron chi connectivity index (χ2n) is 29.5. The highest BCUT2D eigenvalue weighted by Crippen LogP contribution is 2.45. The maximum Gasteiger partial charge on any atom is 0.495 e. The van der Waals surface area contributed by atoms with Crippen LogP contribution in [0.1, 0.15) is 235 Å². The first-order chi connectivity index (χ1) is 38.1. The molecule has 2 aliphatic carbocycles. The molecule has 0 unspecified atom stereocenters. The minimum atomic E-state index is -1.70. The van der Waals surface area contributed by atoms with Crippen molar-refractivity contribution in [1.29, 1.82) is 0 Å². The lowest BCUT2D eigenvalue weighted by molar-refractivity contribution is 0.00578. The summed E-state index contributed by atoms with van der Waals surface area (Å²) in [5.41, 5.74) is 13.8. The molecule has 4 aromatic carbocycles. The van der Waals surface area contributed by atoms with Gasteiger partial charge in [0.1, 0.15) is 5.60 Å². The number of hydrogen-bond donors (Lipinski definition) is 0. The minimum Gasteiger partial charge on any atom is -0.412 e. The van der Waals surface area contributed by atoms with Gasteiger partial charge in [-0.1, -0.05) is 143 Å². The number of benzene rings is 4. The van der Waals surface area contributed by atoms with Crippen molar-refractivity contribution in [3.05, 3.63) is 128 Å². The first-order valence-electron chi connectivity index (χ1n) is 32.2. The normalized spacial score (nSPS) is 20.2. The molecule has 4 aliphatic rings. The van der Waals surface area contributed by atoms with Crippen molar-refractivity contribution in [2.45, 2.75) is 297 Å². The third-order valence-corrected chi connectivity index (χ3v) is 22.5. The SMILES string of the molecule is CCC(CC)(c1ccc(C#CC2(O[Si](C)(C)C)CCCCC2)c(C)c1)c1ccc(B2OC(C)(C)C(C)(C)O2)c(C)c1.CCC(CC)(c1ccc(CCC2(O[Si](C)(C)C)CCCCC2)c(C)c1)c1ccc(B2OC(C)(C)C(C)(C)O2)c(C)c1. The fourth-order valence-electron chi connectivity index (χ4n) is 14.0. The molecule has 8 rings (SSSR count). The van der Waals surface area contributed by atoms with Crippen LogP contribution in [-0.4, -0.2) is 64.5 Å². The molecule has 82 heavy (non-hydrogen) atoms. The van der Waals surface area contributed by atoms with E-state index in [1.807, 2.05) is 0 Å². The van der Waals surface area contributed by atoms with Gasteiger partial charge in [-0.05, 0) is 255 Å². The van der Waals surface area contributed by atoms with Crippen LogP contribution in [0.15, 0.2) is 72.8 Å². The molecule has 2 saturated carbocycles. The van der Waals surface area contributed by atoms with E-state index < -0.39 is 16.6 Å². The second kappa shape index (κ2) is 25.2. The van der Waals surface area contributed by atoms with Gasteiger partial charge in [0, 0.05) is 16.4 Å². The minimum absolute atomic E-state index is 0.0198. The average molecular weight is 1150 g/mol. The monoisotopic (exact) mass is 1150 g/mol. The van der Waals surface area contributed by atoms with Crippen LogP contribution in [0.2, 0.25) is 39.3 Å². The summed E-state index contributed by atoms with van der Waals surface area (Å²) in [5, 5.41) is 0. The zero-order valence-corrected chi connectivity index (χ0v) is 57.8. The Kier molecular flexibility index (Phi) is 20.4. The highest BCUT2D eigenvalue weighted by molar-refractivity contribution is 6.70. The Morgan fingerprint density at radius 3 is 1.20 bits per heavy atom. The first kappa shape index (κ1) is 66.3. The first-order valence-corrected chi connectivity index (χ1v) is 39.0. The summed E-state index contributed by atoms with van der Waals surface area (Å²) in [6, 6.07) is 28.1. The van der Waals surface area contributed by atoms with Gasteiger partial charge in [0.25, 0.3) is 0 Å². The Labute approximate surface area is 504 Å². The highest BCUT2D eigenvalue weighted by atomic mass is 28.4. The third-order valence-electron chi connectivity index (χ3n) is 20.5. The Bertz CT molecular complexity index is 2860. The summed E-state index contributed by atoms with van der Waals surface area (Å²) in [7, 11) is -3.97. The van der Waals surface area contributed by atoms with Gasteiger partial charge in [-0.2, -0.15) is 0 Å². The van der Waals surface area contributed by atoms with Crippen molar-refractivity contribution in [1.82, 2.24) is 0 Å². The lowest BCUT2D eigenvalue weighted by Crippen LogP contribution is -2.44. The summed E-state index contributed by atoms with van der Waals surface area (Å²) in [6.07, 6.45) is 18.7. The lowest BCUT2D eigenvalue weighted by atomic mass is 9.67. The van der Waals surface area contributed by atoms with Crippen LogP contribution < -0.4 is 10.9 Å². The molecule has 0 radical (unpaired) electrons. The van der Waals surface area contributed by atoms with Crippen molar-refractivity contribution in [3.8, 4) is 11.8 Å². The van der Waals surface area contributed by atoms with Crippen LogP contribution in [0, 0.1) is 39.5 Å². The van der Waals surface area contributed by atoms with Crippen LogP contribution in [0.3, 0.4) is 0 Å². The summed E-state index contributed by atoms with van der Waals surface area (Å²) in [5.74, 6) is 7.24. The average Bonchev–Trinajstić information content (AvgIpc) is 3.85. The molecule has 4 aromatic rings. The van der Waals surface area contributed by atoms with E-state index in [1.165, 1.54) is 101 Å². The largest absolute Gasteiger partial charge is 0.495 e. The fourth-order valence-corrected chi connectivity index (χ4v) is 17.0. The number of hydrogen-bond acceptors (Lipinski definition) is 6. The van der Waals surface area contributed by atoms with E-state index in [0.717, 1.165) is 67.9 Å². The van der Waals surface area contributed by atoms with Gasteiger partial charge >= 0.3 is 14.2 Å². The van der Waals surface area contributed by atoms with Crippen molar-refractivity contribution in [2.75, 3.05) is 0 Å². The summed E-state index contributed by atoms with van der Waals surface area (Å²) in [6.45, 7) is 49.0. The predicted molar refractivity (Wildman–Crippen MR) is 355 cm³/mol. The fraction of sp³-hybridized carbons (Fsp3) is 0.639. The van der Waals surface area contributed by atoms with Crippen LogP contribution in [0.25, 0.3) is 0 Å². The quantitative estimate of drug-likeness (QED) is 0.0776. The molecule has 0 atom stereocenters. The highest BCUT2D eigenvalue weighted by Gasteiger charge is 2.53. The molecule has 0 amide bonds. The molecule has 0 N–H and O–H groups in total. The standard InChI is InChI=1S/C36H57BO3Si.C36H53BO3Si/c2*1-12-36(13-2,31-19-20-32(28(4)26-31)37-38-33(5,6)34(7,8)39-37)30-18-17-29(27(3)25-30)21-24-35(40-41(9,10)11)22-15-14-16-23-35/h17-20,25-26H,12-16,21-24H2,1-11H3;17-20,25-26H,12-16,22-23H2,1-11H3. The molecule has 10 heteroatoms. The van der Waals surface area contributed by atoms with E-state index in [2.05, 4.69) is 235 Å². The van der Waals surface area contributed by atoms with Crippen molar-refractivity contribution in [3.63, 3.8) is 0 Å². The van der Waals surface area contributed by atoms with Gasteiger partial charge in [0.05, 0.1) is 28.0 Å². The number of aryl methyl sites for hydroxylation is 5. The predicted octanol–water partition coefficient (Wildman–Crippen LogP) is 17.8. The van der Waals surface area contributed by atoms with Crippen molar-refractivity contribution < 1.29 is 27.5 Å². The van der Waals surface area contributed by atoms with Crippen molar-refractivity contribution >= 4 is 41.8 Å². The van der Waals surface area contributed by atoms with Crippen molar-refractivity contribution in [2.24, 2.45) is 0 Å². The molecule has 0 aromatic heterocycles. The zero-order chi connectivity index (χ0) is 60.5. The zero-order valence-electron chi connectivity index (χ0n) is 55.8. The molecule has 0 spiro atoms. The molecular formula is C72H110B2O6Si2. The molecule has 2 saturated heterocycles. The van der Waals surface area contributed by atoms with E-state index in [0.29, 0.717) is 0 Å². The van der Waals surface area contributed by atoms with Gasteiger partial charge < -0.3 is 27.5 Å². The Hall–Kier alpha value is -3.24. The van der Waals surface area contributed by atoms with Gasteiger partial charge in [-0.25, -0.2) is 0 Å². The van der Waals surface area contributed by atoms with E-state index in [1.54, 1.807) is 0 Å². The molecule has 4 fully saturated rings. The van der Waals surface area contributed by atoms with E-state index in [-0.39, 0.29) is 58.7 Å². The van der Waals surface area contributed by atoms with Crippen LogP contribution in [0.5, 0.6) is 0 Å². The van der Waals surface area contributed by atoms with Gasteiger partial charge in [-0.3, -0.25) is 0 Å². The Morgan fingerprint density at radius 2 is 0.829 bits per heavy atom. The van der Waals surface area contributed by atoms with Gasteiger partial charge in [-0.15, -0.1) is 0 Å². The third kappa shape index (κ3) is 14.4.